The van der Waals surface area contributed by atoms with Crippen LogP contribution in [0, 0.1) is 0 Å². The number of nitrogens with zero attached hydrogens (tertiary/aromatic N) is 1. The standard InChI is InChI=1S/C20H24N2O3S2/c1-2-26-19-11-7-6-10-18(19)20(23)22-14-12-16(13-15-22)21-27(24,25)17-8-4-3-5-9-17/h3-11,16,21H,2,12-15H2,1H3. The van der Waals surface area contributed by atoms with Crippen LogP contribution in [0.1, 0.15) is 30.1 Å². The van der Waals surface area contributed by atoms with Crippen molar-refractivity contribution in [1.29, 1.82) is 0 Å². The zero-order valence-corrected chi connectivity index (χ0v) is 16.9. The summed E-state index contributed by atoms with van der Waals surface area (Å²) in [4.78, 5) is 16.0. The molecule has 144 valence electrons. The molecular weight excluding hydrogens is 380 g/mol. The van der Waals surface area contributed by atoms with Crippen molar-refractivity contribution in [3.05, 3.63) is 60.2 Å². The smallest absolute Gasteiger partial charge is 0.254 e. The van der Waals surface area contributed by atoms with Crippen LogP contribution in [0.2, 0.25) is 0 Å². The van der Waals surface area contributed by atoms with Gasteiger partial charge >= 0.3 is 0 Å². The molecular formula is C20H24N2O3S2. The number of rotatable bonds is 6. The molecule has 5 nitrogen and oxygen atoms in total. The minimum absolute atomic E-state index is 0.0240. The van der Waals surface area contributed by atoms with E-state index in [0.717, 1.165) is 16.2 Å². The summed E-state index contributed by atoms with van der Waals surface area (Å²) in [5, 5.41) is 0. The predicted octanol–water partition coefficient (Wildman–Crippen LogP) is 3.38. The number of nitrogens with one attached hydrogen (secondary N) is 1. The Labute approximate surface area is 165 Å². The van der Waals surface area contributed by atoms with Gasteiger partial charge in [0.05, 0.1) is 10.5 Å². The van der Waals surface area contributed by atoms with Gasteiger partial charge in [-0.15, -0.1) is 11.8 Å². The molecule has 0 radical (unpaired) electrons. The molecule has 1 saturated heterocycles. The summed E-state index contributed by atoms with van der Waals surface area (Å²) in [7, 11) is -3.52. The third-order valence-corrected chi connectivity index (χ3v) is 7.07. The second kappa shape index (κ2) is 8.91. The van der Waals surface area contributed by atoms with E-state index in [1.165, 1.54) is 0 Å². The fourth-order valence-electron chi connectivity index (χ4n) is 3.18. The Balaban J connectivity index is 1.62. The number of hydrogen-bond donors (Lipinski definition) is 1. The zero-order chi connectivity index (χ0) is 19.3. The number of piperidine rings is 1. The van der Waals surface area contributed by atoms with Gasteiger partial charge in [-0.25, -0.2) is 13.1 Å². The van der Waals surface area contributed by atoms with Crippen LogP contribution in [0.3, 0.4) is 0 Å². The highest BCUT2D eigenvalue weighted by Gasteiger charge is 2.27. The molecule has 1 aliphatic rings. The average Bonchev–Trinajstić information content (AvgIpc) is 2.69. The van der Waals surface area contributed by atoms with E-state index in [4.69, 9.17) is 0 Å². The SMILES string of the molecule is CCSc1ccccc1C(=O)N1CCC(NS(=O)(=O)c2ccccc2)CC1. The molecule has 7 heteroatoms. The zero-order valence-electron chi connectivity index (χ0n) is 15.3. The van der Waals surface area contributed by atoms with Gasteiger partial charge < -0.3 is 4.90 Å². The van der Waals surface area contributed by atoms with Crippen molar-refractivity contribution in [3.8, 4) is 0 Å². The normalized spacial score (nSPS) is 15.7. The van der Waals surface area contributed by atoms with E-state index in [0.29, 0.717) is 25.9 Å². The first-order valence-electron chi connectivity index (χ1n) is 9.09. The molecule has 1 amide bonds. The molecule has 0 unspecified atom stereocenters. The minimum Gasteiger partial charge on any atom is -0.338 e. The van der Waals surface area contributed by atoms with E-state index in [-0.39, 0.29) is 16.8 Å². The van der Waals surface area contributed by atoms with Crippen molar-refractivity contribution >= 4 is 27.7 Å². The van der Waals surface area contributed by atoms with Gasteiger partial charge in [0.1, 0.15) is 0 Å². The van der Waals surface area contributed by atoms with Gasteiger partial charge in [0.2, 0.25) is 10.0 Å². The molecule has 2 aromatic carbocycles. The third kappa shape index (κ3) is 4.91. The molecule has 1 N–H and O–H groups in total. The molecule has 0 aliphatic carbocycles. The van der Waals surface area contributed by atoms with Crippen molar-refractivity contribution in [3.63, 3.8) is 0 Å². The van der Waals surface area contributed by atoms with Crippen molar-refractivity contribution in [2.24, 2.45) is 0 Å². The van der Waals surface area contributed by atoms with Crippen LogP contribution in [0.25, 0.3) is 0 Å². The highest BCUT2D eigenvalue weighted by Crippen LogP contribution is 2.25. The molecule has 0 saturated carbocycles. The lowest BCUT2D eigenvalue weighted by molar-refractivity contribution is 0.0708. The van der Waals surface area contributed by atoms with Crippen LogP contribution in [0.15, 0.2) is 64.4 Å². The molecule has 0 bridgehead atoms. The van der Waals surface area contributed by atoms with Crippen molar-refractivity contribution in [1.82, 2.24) is 9.62 Å². The van der Waals surface area contributed by atoms with E-state index in [1.807, 2.05) is 29.2 Å². The van der Waals surface area contributed by atoms with Gasteiger partial charge in [0, 0.05) is 24.0 Å². The lowest BCUT2D eigenvalue weighted by Gasteiger charge is -2.32. The van der Waals surface area contributed by atoms with Crippen molar-refractivity contribution in [2.45, 2.75) is 35.6 Å². The summed E-state index contributed by atoms with van der Waals surface area (Å²) in [6, 6.07) is 15.9. The Morgan fingerprint density at radius 3 is 2.37 bits per heavy atom. The first kappa shape index (κ1) is 19.9. The Morgan fingerprint density at radius 1 is 1.07 bits per heavy atom. The van der Waals surface area contributed by atoms with Gasteiger partial charge in [0.25, 0.3) is 5.91 Å². The lowest BCUT2D eigenvalue weighted by Crippen LogP contribution is -2.46. The molecule has 2 aromatic rings. The Morgan fingerprint density at radius 2 is 1.70 bits per heavy atom. The van der Waals surface area contributed by atoms with Crippen molar-refractivity contribution in [2.75, 3.05) is 18.8 Å². The van der Waals surface area contributed by atoms with Crippen LogP contribution in [0.5, 0.6) is 0 Å². The predicted molar refractivity (Wildman–Crippen MR) is 109 cm³/mol. The minimum atomic E-state index is -3.52. The summed E-state index contributed by atoms with van der Waals surface area (Å²) < 4.78 is 27.7. The molecule has 1 fully saturated rings. The van der Waals surface area contributed by atoms with Crippen LogP contribution >= 0.6 is 11.8 Å². The summed E-state index contributed by atoms with van der Waals surface area (Å²) in [6.45, 7) is 3.16. The summed E-state index contributed by atoms with van der Waals surface area (Å²) in [5.41, 5.74) is 0.729. The van der Waals surface area contributed by atoms with Gasteiger partial charge in [0.15, 0.2) is 0 Å². The fraction of sp³-hybridized carbons (Fsp3) is 0.350. The monoisotopic (exact) mass is 404 g/mol. The maximum atomic E-state index is 12.9. The maximum Gasteiger partial charge on any atom is 0.254 e. The van der Waals surface area contributed by atoms with Gasteiger partial charge in [-0.05, 0) is 42.9 Å². The van der Waals surface area contributed by atoms with Crippen LogP contribution in [-0.4, -0.2) is 44.1 Å². The molecule has 0 aromatic heterocycles. The van der Waals surface area contributed by atoms with Gasteiger partial charge in [-0.2, -0.15) is 0 Å². The number of carbonyl (C=O) groups excluding carboxylic acids is 1. The molecule has 1 aliphatic heterocycles. The molecule has 0 atom stereocenters. The number of thioether (sulfide) groups is 1. The number of benzene rings is 2. The topological polar surface area (TPSA) is 66.5 Å². The number of carbonyl (C=O) groups is 1. The number of amides is 1. The second-order valence-corrected chi connectivity index (χ2v) is 9.45. The van der Waals surface area contributed by atoms with E-state index in [2.05, 4.69) is 11.6 Å². The number of hydrogen-bond acceptors (Lipinski definition) is 4. The first-order chi connectivity index (χ1) is 13.0. The summed E-state index contributed by atoms with van der Waals surface area (Å²) in [6.07, 6.45) is 1.22. The number of sulfonamides is 1. The summed E-state index contributed by atoms with van der Waals surface area (Å²) in [5.74, 6) is 0.934. The Bertz CT molecular complexity index is 877. The van der Waals surface area contributed by atoms with E-state index in [9.17, 15) is 13.2 Å². The highest BCUT2D eigenvalue weighted by atomic mass is 32.2. The Kier molecular flexibility index (Phi) is 6.57. The van der Waals surface area contributed by atoms with E-state index in [1.54, 1.807) is 42.1 Å². The lowest BCUT2D eigenvalue weighted by atomic mass is 10.0. The van der Waals surface area contributed by atoms with Crippen molar-refractivity contribution < 1.29 is 13.2 Å². The highest BCUT2D eigenvalue weighted by molar-refractivity contribution is 7.99. The molecule has 3 rings (SSSR count). The largest absolute Gasteiger partial charge is 0.338 e. The first-order valence-corrected chi connectivity index (χ1v) is 11.6. The molecule has 1 heterocycles. The molecule has 27 heavy (non-hydrogen) atoms. The van der Waals surface area contributed by atoms with E-state index < -0.39 is 10.0 Å². The van der Waals surface area contributed by atoms with Crippen LogP contribution in [0.4, 0.5) is 0 Å². The average molecular weight is 405 g/mol. The van der Waals surface area contributed by atoms with Gasteiger partial charge in [-0.3, -0.25) is 4.79 Å². The second-order valence-electron chi connectivity index (χ2n) is 6.43. The fourth-order valence-corrected chi connectivity index (χ4v) is 5.31. The Hall–Kier alpha value is -1.83. The molecule has 0 spiro atoms. The maximum absolute atomic E-state index is 12.9. The number of likely N-dealkylation sites (tertiary alicyclic amines) is 1. The van der Waals surface area contributed by atoms with E-state index >= 15 is 0 Å². The van der Waals surface area contributed by atoms with Crippen LogP contribution < -0.4 is 4.72 Å². The quantitative estimate of drug-likeness (QED) is 0.750. The van der Waals surface area contributed by atoms with Crippen LogP contribution in [-0.2, 0) is 10.0 Å². The third-order valence-electron chi connectivity index (χ3n) is 4.57. The summed E-state index contributed by atoms with van der Waals surface area (Å²) >= 11 is 1.66. The van der Waals surface area contributed by atoms with Gasteiger partial charge in [-0.1, -0.05) is 37.3 Å².